The van der Waals surface area contributed by atoms with Crippen LogP contribution in [0.1, 0.15) is 15.9 Å². The summed E-state index contributed by atoms with van der Waals surface area (Å²) in [6.45, 7) is 1.92. The van der Waals surface area contributed by atoms with Crippen LogP contribution >= 0.6 is 0 Å². The lowest BCUT2D eigenvalue weighted by molar-refractivity contribution is 0.102. The lowest BCUT2D eigenvalue weighted by Crippen LogP contribution is -2.14. The lowest BCUT2D eigenvalue weighted by Gasteiger charge is -2.10. The average Bonchev–Trinajstić information content (AvgIpc) is 3.31. The van der Waals surface area contributed by atoms with Gasteiger partial charge in [-0.2, -0.15) is 0 Å². The highest BCUT2D eigenvalue weighted by Gasteiger charge is 2.15. The Hall–Kier alpha value is -3.98. The maximum absolute atomic E-state index is 12.6. The second kappa shape index (κ2) is 8.41. The second-order valence-electron chi connectivity index (χ2n) is 6.77. The summed E-state index contributed by atoms with van der Waals surface area (Å²) >= 11 is 0. The van der Waals surface area contributed by atoms with Crippen molar-refractivity contribution in [2.75, 3.05) is 10.0 Å². The van der Waals surface area contributed by atoms with Crippen LogP contribution in [0, 0.1) is 6.92 Å². The number of anilines is 2. The molecule has 0 saturated carbocycles. The third-order valence-corrected chi connectivity index (χ3v) is 5.88. The fourth-order valence-electron chi connectivity index (χ4n) is 2.82. The van der Waals surface area contributed by atoms with Crippen molar-refractivity contribution < 1.29 is 17.6 Å². The van der Waals surface area contributed by atoms with E-state index in [1.807, 2.05) is 19.1 Å². The molecular weight excluding hydrogens is 416 g/mol. The standard InChI is InChI=1S/C22H18N4O4S/c1-15-2-8-19(9-3-15)26-31(28,29)20-12-6-16(7-13-20)21(27)24-18-10-4-17(5-11-18)22-25-23-14-30-22/h2-14,26H,1H3,(H,24,27). The molecule has 0 bridgehead atoms. The van der Waals surface area contributed by atoms with Crippen molar-refractivity contribution >= 4 is 27.3 Å². The molecule has 0 aliphatic rings. The predicted octanol–water partition coefficient (Wildman–Crippen LogP) is 4.10. The van der Waals surface area contributed by atoms with Crippen LogP contribution in [0.15, 0.2) is 88.5 Å². The molecule has 31 heavy (non-hydrogen) atoms. The first-order valence-electron chi connectivity index (χ1n) is 9.28. The summed E-state index contributed by atoms with van der Waals surface area (Å²) < 4.78 is 32.8. The molecule has 0 saturated heterocycles. The molecule has 1 aromatic heterocycles. The fourth-order valence-corrected chi connectivity index (χ4v) is 3.88. The Morgan fingerprint density at radius 1 is 0.871 bits per heavy atom. The van der Waals surface area contributed by atoms with Gasteiger partial charge >= 0.3 is 0 Å². The number of sulfonamides is 1. The lowest BCUT2D eigenvalue weighted by atomic mass is 10.2. The molecular formula is C22H18N4O4S. The van der Waals surface area contributed by atoms with Crippen molar-refractivity contribution in [1.82, 2.24) is 10.2 Å². The number of hydrogen-bond donors (Lipinski definition) is 2. The van der Waals surface area contributed by atoms with Crippen molar-refractivity contribution in [3.63, 3.8) is 0 Å². The van der Waals surface area contributed by atoms with Crippen molar-refractivity contribution in [2.45, 2.75) is 11.8 Å². The van der Waals surface area contributed by atoms with Gasteiger partial charge in [0.1, 0.15) is 0 Å². The van der Waals surface area contributed by atoms with Crippen molar-refractivity contribution in [2.24, 2.45) is 0 Å². The largest absolute Gasteiger partial charge is 0.423 e. The smallest absolute Gasteiger partial charge is 0.261 e. The highest BCUT2D eigenvalue weighted by atomic mass is 32.2. The summed E-state index contributed by atoms with van der Waals surface area (Å²) in [7, 11) is -3.76. The molecule has 4 rings (SSSR count). The Kier molecular flexibility index (Phi) is 5.50. The first-order valence-corrected chi connectivity index (χ1v) is 10.8. The Balaban J connectivity index is 1.43. The highest BCUT2D eigenvalue weighted by molar-refractivity contribution is 7.92. The molecule has 1 heterocycles. The van der Waals surface area contributed by atoms with Gasteiger partial charge in [0.25, 0.3) is 15.9 Å². The van der Waals surface area contributed by atoms with Gasteiger partial charge in [-0.1, -0.05) is 17.7 Å². The van der Waals surface area contributed by atoms with E-state index >= 15 is 0 Å². The topological polar surface area (TPSA) is 114 Å². The maximum atomic E-state index is 12.6. The Bertz CT molecular complexity index is 1280. The van der Waals surface area contributed by atoms with Crippen LogP contribution in [0.2, 0.25) is 0 Å². The number of aryl methyl sites for hydroxylation is 1. The molecule has 2 N–H and O–H groups in total. The number of aromatic nitrogens is 2. The van der Waals surface area contributed by atoms with Gasteiger partial charge in [0, 0.05) is 22.5 Å². The van der Waals surface area contributed by atoms with E-state index in [9.17, 15) is 13.2 Å². The van der Waals surface area contributed by atoms with Gasteiger partial charge in [-0.25, -0.2) is 8.42 Å². The number of hydrogen-bond acceptors (Lipinski definition) is 6. The number of carbonyl (C=O) groups excluding carboxylic acids is 1. The molecule has 0 spiro atoms. The maximum Gasteiger partial charge on any atom is 0.261 e. The molecule has 1 amide bonds. The zero-order valence-corrected chi connectivity index (χ0v) is 17.3. The number of benzene rings is 3. The van der Waals surface area contributed by atoms with E-state index in [-0.39, 0.29) is 10.8 Å². The molecule has 9 heteroatoms. The van der Waals surface area contributed by atoms with Crippen LogP contribution < -0.4 is 10.0 Å². The highest BCUT2D eigenvalue weighted by Crippen LogP contribution is 2.20. The number of nitrogens with one attached hydrogen (secondary N) is 2. The van der Waals surface area contributed by atoms with E-state index in [0.717, 1.165) is 11.1 Å². The van der Waals surface area contributed by atoms with E-state index in [1.165, 1.54) is 30.7 Å². The van der Waals surface area contributed by atoms with Gasteiger partial charge in [-0.3, -0.25) is 9.52 Å². The molecule has 4 aromatic rings. The molecule has 0 radical (unpaired) electrons. The molecule has 8 nitrogen and oxygen atoms in total. The molecule has 156 valence electrons. The fraction of sp³-hybridized carbons (Fsp3) is 0.0455. The predicted molar refractivity (Wildman–Crippen MR) is 116 cm³/mol. The first-order chi connectivity index (χ1) is 14.9. The summed E-state index contributed by atoms with van der Waals surface area (Å²) in [6.07, 6.45) is 1.24. The van der Waals surface area contributed by atoms with Crippen molar-refractivity contribution in [1.29, 1.82) is 0 Å². The summed E-state index contributed by atoms with van der Waals surface area (Å²) in [4.78, 5) is 12.6. The van der Waals surface area contributed by atoms with Crippen LogP contribution in [0.5, 0.6) is 0 Å². The van der Waals surface area contributed by atoms with Gasteiger partial charge in [0.15, 0.2) is 0 Å². The van der Waals surface area contributed by atoms with E-state index in [1.54, 1.807) is 36.4 Å². The van der Waals surface area contributed by atoms with Crippen molar-refractivity contribution in [3.8, 4) is 11.5 Å². The number of rotatable bonds is 6. The van der Waals surface area contributed by atoms with E-state index in [4.69, 9.17) is 4.42 Å². The summed E-state index contributed by atoms with van der Waals surface area (Å²) in [6, 6.07) is 19.6. The van der Waals surface area contributed by atoms with Crippen LogP contribution in [0.4, 0.5) is 11.4 Å². The van der Waals surface area contributed by atoms with Gasteiger partial charge < -0.3 is 9.73 Å². The Labute approximate surface area is 179 Å². The molecule has 0 aliphatic carbocycles. The van der Waals surface area contributed by atoms with E-state index in [2.05, 4.69) is 20.2 Å². The second-order valence-corrected chi connectivity index (χ2v) is 8.45. The molecule has 0 atom stereocenters. The van der Waals surface area contributed by atoms with Crippen LogP contribution in [0.3, 0.4) is 0 Å². The minimum atomic E-state index is -3.76. The Morgan fingerprint density at radius 2 is 1.52 bits per heavy atom. The van der Waals surface area contributed by atoms with Gasteiger partial charge in [-0.05, 0) is 67.6 Å². The van der Waals surface area contributed by atoms with E-state index < -0.39 is 10.0 Å². The Morgan fingerprint density at radius 3 is 2.13 bits per heavy atom. The quantitative estimate of drug-likeness (QED) is 0.472. The zero-order chi connectivity index (χ0) is 21.8. The van der Waals surface area contributed by atoms with Crippen LogP contribution in [0.25, 0.3) is 11.5 Å². The molecule has 3 aromatic carbocycles. The monoisotopic (exact) mass is 434 g/mol. The SMILES string of the molecule is Cc1ccc(NS(=O)(=O)c2ccc(C(=O)Nc3ccc(-c4nnco4)cc3)cc2)cc1. The number of carbonyl (C=O) groups is 1. The minimum absolute atomic E-state index is 0.0635. The summed E-state index contributed by atoms with van der Waals surface area (Å²) in [5, 5.41) is 10.2. The molecule has 0 unspecified atom stereocenters. The first kappa shape index (κ1) is 20.3. The summed E-state index contributed by atoms with van der Waals surface area (Å²) in [5.41, 5.74) is 3.13. The molecule has 0 aliphatic heterocycles. The average molecular weight is 434 g/mol. The van der Waals surface area contributed by atoms with Crippen LogP contribution in [-0.4, -0.2) is 24.5 Å². The van der Waals surface area contributed by atoms with Gasteiger partial charge in [-0.15, -0.1) is 10.2 Å². The third kappa shape index (κ3) is 4.78. The van der Waals surface area contributed by atoms with Gasteiger partial charge in [0.2, 0.25) is 12.3 Å². The minimum Gasteiger partial charge on any atom is -0.423 e. The third-order valence-electron chi connectivity index (χ3n) is 4.48. The molecule has 0 fully saturated rings. The normalized spacial score (nSPS) is 11.1. The summed E-state index contributed by atoms with van der Waals surface area (Å²) in [5.74, 6) is 0.0231. The van der Waals surface area contributed by atoms with Crippen molar-refractivity contribution in [3.05, 3.63) is 90.3 Å². The number of nitrogens with zero attached hydrogens (tertiary/aromatic N) is 2. The van der Waals surface area contributed by atoms with E-state index in [0.29, 0.717) is 22.8 Å². The van der Waals surface area contributed by atoms with Crippen LogP contribution in [-0.2, 0) is 10.0 Å². The number of amides is 1. The zero-order valence-electron chi connectivity index (χ0n) is 16.4. The van der Waals surface area contributed by atoms with Gasteiger partial charge in [0.05, 0.1) is 4.90 Å².